The maximum Gasteiger partial charge on any atom is 0.317 e. The van der Waals surface area contributed by atoms with Crippen molar-refractivity contribution < 1.29 is 9.90 Å². The smallest absolute Gasteiger partial charge is 0.317 e. The van der Waals surface area contributed by atoms with E-state index < -0.39 is 0 Å². The van der Waals surface area contributed by atoms with Crippen molar-refractivity contribution in [2.45, 2.75) is 44.8 Å². The Morgan fingerprint density at radius 3 is 2.60 bits per heavy atom. The lowest BCUT2D eigenvalue weighted by Crippen LogP contribution is -2.52. The highest BCUT2D eigenvalue weighted by molar-refractivity contribution is 5.74. The highest BCUT2D eigenvalue weighted by atomic mass is 16.3. The van der Waals surface area contributed by atoms with Gasteiger partial charge in [-0.25, -0.2) is 4.79 Å². The Morgan fingerprint density at radius 2 is 2.00 bits per heavy atom. The van der Waals surface area contributed by atoms with E-state index in [1.165, 1.54) is 5.57 Å². The number of nitrogens with one attached hydrogen (secondary N) is 1. The number of nitrogens with zero attached hydrogens (tertiary/aromatic N) is 2. The summed E-state index contributed by atoms with van der Waals surface area (Å²) in [4.78, 5) is 16.3. The molecule has 2 rings (SSSR count). The van der Waals surface area contributed by atoms with Gasteiger partial charge in [0.1, 0.15) is 0 Å². The number of hydrogen-bond donors (Lipinski definition) is 2. The van der Waals surface area contributed by atoms with Gasteiger partial charge in [0.15, 0.2) is 0 Å². The number of amides is 2. The zero-order valence-corrected chi connectivity index (χ0v) is 12.5. The Bertz CT molecular complexity index is 351. The molecule has 5 heteroatoms. The van der Waals surface area contributed by atoms with Crippen LogP contribution >= 0.6 is 0 Å². The van der Waals surface area contributed by atoms with E-state index in [1.54, 1.807) is 4.90 Å². The minimum Gasteiger partial charge on any atom is -0.391 e. The number of aliphatic hydroxyl groups is 1. The number of carbonyl (C=O) groups is 1. The van der Waals surface area contributed by atoms with Gasteiger partial charge in [-0.1, -0.05) is 12.2 Å². The van der Waals surface area contributed by atoms with Gasteiger partial charge in [-0.15, -0.1) is 0 Å². The number of β-amino-alcohol motifs (C(OH)–C–C–N with tert-alkyl or cyclic N) is 1. The minimum atomic E-state index is -0.355. The van der Waals surface area contributed by atoms with E-state index in [2.05, 4.69) is 23.7 Å². The van der Waals surface area contributed by atoms with Crippen LogP contribution < -0.4 is 5.32 Å². The Morgan fingerprint density at radius 1 is 1.30 bits per heavy atom. The number of urea groups is 1. The van der Waals surface area contributed by atoms with Crippen molar-refractivity contribution in [1.82, 2.24) is 15.1 Å². The van der Waals surface area contributed by atoms with Crippen LogP contribution in [0.1, 0.15) is 32.6 Å². The number of rotatable bonds is 3. The molecule has 0 aromatic rings. The fourth-order valence-corrected chi connectivity index (χ4v) is 3.02. The van der Waals surface area contributed by atoms with E-state index >= 15 is 0 Å². The summed E-state index contributed by atoms with van der Waals surface area (Å²) >= 11 is 0. The van der Waals surface area contributed by atoms with Crippen LogP contribution in [0.5, 0.6) is 0 Å². The van der Waals surface area contributed by atoms with E-state index in [9.17, 15) is 9.90 Å². The van der Waals surface area contributed by atoms with Crippen molar-refractivity contribution in [3.05, 3.63) is 12.2 Å². The summed E-state index contributed by atoms with van der Waals surface area (Å²) in [6.45, 7) is 10.2. The molecule has 0 bridgehead atoms. The molecule has 0 radical (unpaired) electrons. The molecule has 0 spiro atoms. The molecule has 0 aliphatic carbocycles. The maximum absolute atomic E-state index is 12.1. The van der Waals surface area contributed by atoms with Gasteiger partial charge in [-0.05, 0) is 32.6 Å². The zero-order chi connectivity index (χ0) is 14.5. The molecular formula is C15H27N3O2. The molecule has 2 N–H and O–H groups in total. The largest absolute Gasteiger partial charge is 0.391 e. The number of likely N-dealkylation sites (tertiary alicyclic amines) is 2. The van der Waals surface area contributed by atoms with Gasteiger partial charge in [0, 0.05) is 38.8 Å². The van der Waals surface area contributed by atoms with Crippen LogP contribution in [0.3, 0.4) is 0 Å². The first kappa shape index (κ1) is 15.3. The predicted octanol–water partition coefficient (Wildman–Crippen LogP) is 1.19. The normalized spacial score (nSPS) is 25.5. The van der Waals surface area contributed by atoms with Crippen LogP contribution in [-0.4, -0.2) is 65.8 Å². The average molecular weight is 281 g/mol. The zero-order valence-electron chi connectivity index (χ0n) is 12.5. The molecule has 1 atom stereocenters. The first-order valence-electron chi connectivity index (χ1n) is 7.65. The van der Waals surface area contributed by atoms with Crippen molar-refractivity contribution in [3.63, 3.8) is 0 Å². The molecule has 2 fully saturated rings. The fourth-order valence-electron chi connectivity index (χ4n) is 3.02. The van der Waals surface area contributed by atoms with Crippen molar-refractivity contribution in [2.24, 2.45) is 0 Å². The summed E-state index contributed by atoms with van der Waals surface area (Å²) in [6, 6.07) is 0.255. The molecule has 1 unspecified atom stereocenters. The van der Waals surface area contributed by atoms with Gasteiger partial charge in [0.25, 0.3) is 0 Å². The summed E-state index contributed by atoms with van der Waals surface area (Å²) in [7, 11) is 0. The van der Waals surface area contributed by atoms with E-state index in [1.807, 2.05) is 0 Å². The number of hydrogen-bond acceptors (Lipinski definition) is 3. The van der Waals surface area contributed by atoms with Crippen LogP contribution in [0, 0.1) is 0 Å². The molecule has 20 heavy (non-hydrogen) atoms. The van der Waals surface area contributed by atoms with Crippen LogP contribution in [0.25, 0.3) is 0 Å². The number of carbonyl (C=O) groups excluding carboxylic acids is 1. The second kappa shape index (κ2) is 7.09. The molecule has 2 heterocycles. The average Bonchev–Trinajstić information content (AvgIpc) is 2.40. The highest BCUT2D eigenvalue weighted by Crippen LogP contribution is 2.14. The minimum absolute atomic E-state index is 0.0119. The van der Waals surface area contributed by atoms with E-state index in [-0.39, 0.29) is 18.2 Å². The molecule has 0 saturated carbocycles. The van der Waals surface area contributed by atoms with E-state index in [0.29, 0.717) is 6.54 Å². The Balaban J connectivity index is 1.72. The molecule has 2 aliphatic rings. The summed E-state index contributed by atoms with van der Waals surface area (Å²) in [5.41, 5.74) is 1.19. The maximum atomic E-state index is 12.1. The van der Waals surface area contributed by atoms with Crippen molar-refractivity contribution in [1.29, 1.82) is 0 Å². The van der Waals surface area contributed by atoms with Gasteiger partial charge < -0.3 is 15.3 Å². The molecule has 2 amide bonds. The molecular weight excluding hydrogens is 254 g/mol. The lowest BCUT2D eigenvalue weighted by molar-refractivity contribution is 0.0819. The Kier molecular flexibility index (Phi) is 5.43. The fraction of sp³-hybridized carbons (Fsp3) is 0.800. The van der Waals surface area contributed by atoms with Gasteiger partial charge in [0.2, 0.25) is 0 Å². The lowest BCUT2D eigenvalue weighted by atomic mass is 10.0. The third-order valence-electron chi connectivity index (χ3n) is 4.09. The summed E-state index contributed by atoms with van der Waals surface area (Å²) < 4.78 is 0. The van der Waals surface area contributed by atoms with Gasteiger partial charge in [0.05, 0.1) is 6.10 Å². The second-order valence-electron chi connectivity index (χ2n) is 6.20. The molecule has 2 aliphatic heterocycles. The summed E-state index contributed by atoms with van der Waals surface area (Å²) in [5.74, 6) is 0. The Hall–Kier alpha value is -1.07. The third kappa shape index (κ3) is 4.49. The van der Waals surface area contributed by atoms with E-state index in [4.69, 9.17) is 0 Å². The van der Waals surface area contributed by atoms with Crippen LogP contribution in [0.2, 0.25) is 0 Å². The second-order valence-corrected chi connectivity index (χ2v) is 6.20. The predicted molar refractivity (Wildman–Crippen MR) is 79.6 cm³/mol. The molecule has 5 nitrogen and oxygen atoms in total. The Labute approximate surface area is 121 Å². The van der Waals surface area contributed by atoms with Gasteiger partial charge in [-0.2, -0.15) is 0 Å². The SMILES string of the molecule is C=C(C)CN1CCC(NC(=O)N2CCCC(O)C2)CC1. The first-order valence-corrected chi connectivity index (χ1v) is 7.65. The van der Waals surface area contributed by atoms with Crippen LogP contribution in [0.4, 0.5) is 4.79 Å². The monoisotopic (exact) mass is 281 g/mol. The van der Waals surface area contributed by atoms with Gasteiger partial charge >= 0.3 is 6.03 Å². The highest BCUT2D eigenvalue weighted by Gasteiger charge is 2.25. The van der Waals surface area contributed by atoms with Crippen molar-refractivity contribution in [3.8, 4) is 0 Å². The molecule has 2 saturated heterocycles. The molecule has 114 valence electrons. The summed E-state index contributed by atoms with van der Waals surface area (Å²) in [5, 5.41) is 12.7. The first-order chi connectivity index (χ1) is 9.54. The van der Waals surface area contributed by atoms with E-state index in [0.717, 1.165) is 51.9 Å². The standard InChI is InChI=1S/C15H27N3O2/c1-12(2)10-17-8-5-13(6-9-17)16-15(20)18-7-3-4-14(19)11-18/h13-14,19H,1,3-11H2,2H3,(H,16,20). The van der Waals surface area contributed by atoms with Crippen molar-refractivity contribution >= 4 is 6.03 Å². The molecule has 0 aromatic carbocycles. The topological polar surface area (TPSA) is 55.8 Å². The van der Waals surface area contributed by atoms with Gasteiger partial charge in [-0.3, -0.25) is 4.90 Å². The number of aliphatic hydroxyl groups excluding tert-OH is 1. The number of piperidine rings is 2. The van der Waals surface area contributed by atoms with Crippen molar-refractivity contribution in [2.75, 3.05) is 32.7 Å². The van der Waals surface area contributed by atoms with Crippen LogP contribution in [0.15, 0.2) is 12.2 Å². The quantitative estimate of drug-likeness (QED) is 0.764. The summed E-state index contributed by atoms with van der Waals surface area (Å²) in [6.07, 6.45) is 3.34. The lowest BCUT2D eigenvalue weighted by Gasteiger charge is -2.35. The van der Waals surface area contributed by atoms with Crippen LogP contribution in [-0.2, 0) is 0 Å². The molecule has 0 aromatic heterocycles. The third-order valence-corrected chi connectivity index (χ3v) is 4.09.